The quantitative estimate of drug-likeness (QED) is 0.916. The molecule has 0 fully saturated rings. The van der Waals surface area contributed by atoms with Crippen molar-refractivity contribution in [2.75, 3.05) is 18.5 Å². The maximum atomic E-state index is 5.66. The molecule has 2 aromatic rings. The summed E-state index contributed by atoms with van der Waals surface area (Å²) in [5.74, 6) is 0.891. The fourth-order valence-corrected chi connectivity index (χ4v) is 2.55. The van der Waals surface area contributed by atoms with Crippen molar-refractivity contribution < 1.29 is 9.47 Å². The van der Waals surface area contributed by atoms with Crippen LogP contribution in [-0.2, 0) is 11.3 Å². The van der Waals surface area contributed by atoms with Gasteiger partial charge in [0, 0.05) is 11.8 Å². The lowest BCUT2D eigenvalue weighted by Crippen LogP contribution is -2.23. The van der Waals surface area contributed by atoms with Crippen molar-refractivity contribution in [3.63, 3.8) is 0 Å². The molecule has 0 aromatic heterocycles. The van der Waals surface area contributed by atoms with Crippen molar-refractivity contribution in [3.05, 3.63) is 59.7 Å². The van der Waals surface area contributed by atoms with Gasteiger partial charge in [-0.25, -0.2) is 0 Å². The van der Waals surface area contributed by atoms with Gasteiger partial charge in [0.15, 0.2) is 0 Å². The van der Waals surface area contributed by atoms with Crippen LogP contribution in [0, 0.1) is 0 Å². The predicted molar refractivity (Wildman–Crippen MR) is 80.1 cm³/mol. The predicted octanol–water partition coefficient (Wildman–Crippen LogP) is 3.77. The van der Waals surface area contributed by atoms with Gasteiger partial charge in [0.05, 0.1) is 25.9 Å². The van der Waals surface area contributed by atoms with Crippen LogP contribution >= 0.6 is 0 Å². The summed E-state index contributed by atoms with van der Waals surface area (Å²) in [5, 5.41) is 3.53. The molecule has 104 valence electrons. The molecule has 2 aromatic carbocycles. The van der Waals surface area contributed by atoms with Gasteiger partial charge in [-0.15, -0.1) is 0 Å². The Labute approximate surface area is 119 Å². The van der Waals surface area contributed by atoms with Crippen LogP contribution in [0.2, 0.25) is 0 Å². The molecule has 3 heteroatoms. The first-order valence-electron chi connectivity index (χ1n) is 7.02. The summed E-state index contributed by atoms with van der Waals surface area (Å²) < 4.78 is 11.2. The Morgan fingerprint density at radius 3 is 3.00 bits per heavy atom. The van der Waals surface area contributed by atoms with Crippen LogP contribution in [0.1, 0.15) is 24.1 Å². The summed E-state index contributed by atoms with van der Waals surface area (Å²) in [6.45, 7) is 4.06. The average Bonchev–Trinajstić information content (AvgIpc) is 2.48. The van der Waals surface area contributed by atoms with Crippen LogP contribution in [0.3, 0.4) is 0 Å². The van der Waals surface area contributed by atoms with E-state index in [1.165, 1.54) is 11.1 Å². The Hall–Kier alpha value is -2.00. The van der Waals surface area contributed by atoms with E-state index in [9.17, 15) is 0 Å². The number of rotatable bonds is 4. The second-order valence-electron chi connectivity index (χ2n) is 4.87. The van der Waals surface area contributed by atoms with Crippen LogP contribution in [0.15, 0.2) is 48.5 Å². The highest BCUT2D eigenvalue weighted by atomic mass is 16.5. The molecule has 1 aliphatic heterocycles. The molecule has 0 spiro atoms. The van der Waals surface area contributed by atoms with Crippen LogP contribution in [0.5, 0.6) is 5.75 Å². The van der Waals surface area contributed by atoms with Crippen molar-refractivity contribution in [3.8, 4) is 5.75 Å². The molecule has 0 aliphatic carbocycles. The maximum Gasteiger partial charge on any atom is 0.121 e. The summed E-state index contributed by atoms with van der Waals surface area (Å²) in [6, 6.07) is 16.7. The van der Waals surface area contributed by atoms with Gasteiger partial charge in [-0.05, 0) is 30.2 Å². The largest absolute Gasteiger partial charge is 0.494 e. The number of ether oxygens (including phenoxy) is 2. The zero-order valence-electron chi connectivity index (χ0n) is 11.6. The summed E-state index contributed by atoms with van der Waals surface area (Å²) in [6.07, 6.45) is 0. The van der Waals surface area contributed by atoms with Crippen LogP contribution in [-0.4, -0.2) is 13.2 Å². The second-order valence-corrected chi connectivity index (χ2v) is 4.87. The molecule has 0 saturated heterocycles. The minimum Gasteiger partial charge on any atom is -0.494 e. The molecule has 0 bridgehead atoms. The van der Waals surface area contributed by atoms with Gasteiger partial charge in [0.2, 0.25) is 0 Å². The molecule has 20 heavy (non-hydrogen) atoms. The topological polar surface area (TPSA) is 30.5 Å². The normalized spacial score (nSPS) is 17.4. The number of fused-ring (bicyclic) bond motifs is 1. The third kappa shape index (κ3) is 2.78. The van der Waals surface area contributed by atoms with Crippen LogP contribution in [0.25, 0.3) is 0 Å². The molecule has 0 amide bonds. The van der Waals surface area contributed by atoms with Gasteiger partial charge >= 0.3 is 0 Å². The monoisotopic (exact) mass is 269 g/mol. The lowest BCUT2D eigenvalue weighted by Gasteiger charge is -2.27. The molecule has 3 nitrogen and oxygen atoms in total. The van der Waals surface area contributed by atoms with Crippen molar-refractivity contribution in [1.82, 2.24) is 0 Å². The third-order valence-electron chi connectivity index (χ3n) is 3.46. The average molecular weight is 269 g/mol. The molecule has 1 atom stereocenters. The highest BCUT2D eigenvalue weighted by Gasteiger charge is 2.20. The molecule has 3 rings (SSSR count). The Kier molecular flexibility index (Phi) is 3.88. The molecule has 0 radical (unpaired) electrons. The third-order valence-corrected chi connectivity index (χ3v) is 3.46. The SMILES string of the molecule is CCOc1cccc(NC2COCc3ccccc32)c1. The molecule has 1 unspecified atom stereocenters. The Bertz CT molecular complexity index is 583. The number of hydrogen-bond donors (Lipinski definition) is 1. The smallest absolute Gasteiger partial charge is 0.121 e. The van der Waals surface area contributed by atoms with Gasteiger partial charge in [-0.2, -0.15) is 0 Å². The second kappa shape index (κ2) is 5.97. The van der Waals surface area contributed by atoms with Crippen molar-refractivity contribution in [2.45, 2.75) is 19.6 Å². The van der Waals surface area contributed by atoms with E-state index in [-0.39, 0.29) is 6.04 Å². The maximum absolute atomic E-state index is 5.66. The standard InChI is InChI=1S/C17H19NO2/c1-2-20-15-8-5-7-14(10-15)18-17-12-19-11-13-6-3-4-9-16(13)17/h3-10,17-18H,2,11-12H2,1H3. The zero-order chi connectivity index (χ0) is 13.8. The van der Waals surface area contributed by atoms with Crippen LogP contribution in [0.4, 0.5) is 5.69 Å². The van der Waals surface area contributed by atoms with E-state index >= 15 is 0 Å². The van der Waals surface area contributed by atoms with Crippen molar-refractivity contribution in [1.29, 1.82) is 0 Å². The lowest BCUT2D eigenvalue weighted by atomic mass is 9.99. The number of anilines is 1. The van der Waals surface area contributed by atoms with E-state index in [1.807, 2.05) is 25.1 Å². The number of hydrogen-bond acceptors (Lipinski definition) is 3. The summed E-state index contributed by atoms with van der Waals surface area (Å²) in [7, 11) is 0. The summed E-state index contributed by atoms with van der Waals surface area (Å²) in [5.41, 5.74) is 3.64. The lowest BCUT2D eigenvalue weighted by molar-refractivity contribution is 0.0970. The van der Waals surface area contributed by atoms with Crippen molar-refractivity contribution in [2.24, 2.45) is 0 Å². The number of nitrogens with one attached hydrogen (secondary N) is 1. The first kappa shape index (κ1) is 13.0. The van der Waals surface area contributed by atoms with Gasteiger partial charge < -0.3 is 14.8 Å². The van der Waals surface area contributed by atoms with E-state index in [0.717, 1.165) is 11.4 Å². The zero-order valence-corrected chi connectivity index (χ0v) is 11.6. The minimum absolute atomic E-state index is 0.192. The van der Waals surface area contributed by atoms with E-state index in [1.54, 1.807) is 0 Å². The Balaban J connectivity index is 1.80. The van der Waals surface area contributed by atoms with Crippen molar-refractivity contribution >= 4 is 5.69 Å². The fourth-order valence-electron chi connectivity index (χ4n) is 2.55. The van der Waals surface area contributed by atoms with Gasteiger partial charge in [0.1, 0.15) is 5.75 Å². The molecular formula is C17H19NO2. The molecule has 0 saturated carbocycles. The fraction of sp³-hybridized carbons (Fsp3) is 0.294. The van der Waals surface area contributed by atoms with Crippen LogP contribution < -0.4 is 10.1 Å². The minimum atomic E-state index is 0.192. The summed E-state index contributed by atoms with van der Waals surface area (Å²) >= 11 is 0. The van der Waals surface area contributed by atoms with E-state index in [4.69, 9.17) is 9.47 Å². The first-order valence-corrected chi connectivity index (χ1v) is 7.02. The van der Waals surface area contributed by atoms with Gasteiger partial charge in [0.25, 0.3) is 0 Å². The first-order chi connectivity index (χ1) is 9.86. The van der Waals surface area contributed by atoms with E-state index < -0.39 is 0 Å². The van der Waals surface area contributed by atoms with Gasteiger partial charge in [-0.3, -0.25) is 0 Å². The molecule has 1 aliphatic rings. The number of benzene rings is 2. The molecule has 1 heterocycles. The Morgan fingerprint density at radius 1 is 1.20 bits per heavy atom. The molecule has 1 N–H and O–H groups in total. The highest BCUT2D eigenvalue weighted by molar-refractivity contribution is 5.51. The van der Waals surface area contributed by atoms with E-state index in [2.05, 4.69) is 35.6 Å². The Morgan fingerprint density at radius 2 is 2.10 bits per heavy atom. The summed E-state index contributed by atoms with van der Waals surface area (Å²) in [4.78, 5) is 0. The van der Waals surface area contributed by atoms with E-state index in [0.29, 0.717) is 19.8 Å². The molecular weight excluding hydrogens is 250 g/mol. The van der Waals surface area contributed by atoms with Gasteiger partial charge in [-0.1, -0.05) is 30.3 Å². The highest BCUT2D eigenvalue weighted by Crippen LogP contribution is 2.28.